The number of ether oxygens (including phenoxy) is 1. The van der Waals surface area contributed by atoms with E-state index in [1.54, 1.807) is 24.3 Å². The second-order valence-electron chi connectivity index (χ2n) is 4.46. The van der Waals surface area contributed by atoms with Gasteiger partial charge in [0.15, 0.2) is 0 Å². The van der Waals surface area contributed by atoms with Crippen LogP contribution < -0.4 is 9.46 Å². The zero-order valence-corrected chi connectivity index (χ0v) is 12.5. The first kappa shape index (κ1) is 15.9. The van der Waals surface area contributed by atoms with Crippen molar-refractivity contribution in [1.82, 2.24) is 9.62 Å². The molecule has 19 heavy (non-hydrogen) atoms. The van der Waals surface area contributed by atoms with Gasteiger partial charge in [0.1, 0.15) is 5.75 Å². The first-order valence-electron chi connectivity index (χ1n) is 6.33. The Labute approximate surface area is 115 Å². The van der Waals surface area contributed by atoms with Crippen LogP contribution in [0.15, 0.2) is 29.2 Å². The van der Waals surface area contributed by atoms with Gasteiger partial charge in [-0.15, -0.1) is 0 Å². The molecule has 0 heterocycles. The van der Waals surface area contributed by atoms with Crippen LogP contribution in [0, 0.1) is 0 Å². The fourth-order valence-electron chi connectivity index (χ4n) is 1.57. The molecule has 1 aromatic carbocycles. The molecular weight excluding hydrogens is 264 g/mol. The molecule has 0 amide bonds. The van der Waals surface area contributed by atoms with Crippen LogP contribution in [-0.4, -0.2) is 47.1 Å². The second kappa shape index (κ2) is 7.47. The monoisotopic (exact) mass is 286 g/mol. The highest BCUT2D eigenvalue weighted by molar-refractivity contribution is 7.89. The molecule has 1 aromatic rings. The van der Waals surface area contributed by atoms with E-state index in [-0.39, 0.29) is 4.90 Å². The van der Waals surface area contributed by atoms with Gasteiger partial charge in [-0.25, -0.2) is 13.1 Å². The Morgan fingerprint density at radius 3 is 2.37 bits per heavy atom. The third-order valence-corrected chi connectivity index (χ3v) is 4.00. The molecule has 1 rings (SSSR count). The molecule has 0 spiro atoms. The van der Waals surface area contributed by atoms with Crippen molar-refractivity contribution in [2.75, 3.05) is 33.8 Å². The molecule has 0 bridgehead atoms. The number of nitrogens with zero attached hydrogens (tertiary/aromatic N) is 1. The largest absolute Gasteiger partial charge is 0.494 e. The summed E-state index contributed by atoms with van der Waals surface area (Å²) in [6.07, 6.45) is 0.781. The Morgan fingerprint density at radius 1 is 1.21 bits per heavy atom. The highest BCUT2D eigenvalue weighted by atomic mass is 32.2. The third-order valence-electron chi connectivity index (χ3n) is 2.52. The number of benzene rings is 1. The van der Waals surface area contributed by atoms with Crippen LogP contribution in [-0.2, 0) is 10.0 Å². The maximum Gasteiger partial charge on any atom is 0.240 e. The summed E-state index contributed by atoms with van der Waals surface area (Å²) in [5, 5.41) is 0. The molecule has 0 unspecified atom stereocenters. The molecule has 6 heteroatoms. The Bertz CT molecular complexity index is 469. The molecule has 1 N–H and O–H groups in total. The van der Waals surface area contributed by atoms with Gasteiger partial charge in [-0.2, -0.15) is 0 Å². The van der Waals surface area contributed by atoms with Gasteiger partial charge >= 0.3 is 0 Å². The molecule has 0 aliphatic rings. The van der Waals surface area contributed by atoms with Crippen LogP contribution in [0.1, 0.15) is 13.3 Å². The van der Waals surface area contributed by atoms with Crippen molar-refractivity contribution in [1.29, 1.82) is 0 Å². The predicted octanol–water partition coefficient (Wildman–Crippen LogP) is 1.32. The summed E-state index contributed by atoms with van der Waals surface area (Å²) < 4.78 is 31.8. The average molecular weight is 286 g/mol. The van der Waals surface area contributed by atoms with E-state index in [1.807, 2.05) is 25.9 Å². The van der Waals surface area contributed by atoms with E-state index in [4.69, 9.17) is 4.74 Å². The van der Waals surface area contributed by atoms with Crippen LogP contribution in [0.4, 0.5) is 0 Å². The van der Waals surface area contributed by atoms with Gasteiger partial charge in [-0.3, -0.25) is 0 Å². The van der Waals surface area contributed by atoms with Crippen LogP contribution in [0.5, 0.6) is 5.75 Å². The van der Waals surface area contributed by atoms with Gasteiger partial charge in [0.05, 0.1) is 11.5 Å². The Balaban J connectivity index is 2.56. The van der Waals surface area contributed by atoms with Crippen molar-refractivity contribution >= 4 is 10.0 Å². The van der Waals surface area contributed by atoms with E-state index >= 15 is 0 Å². The van der Waals surface area contributed by atoms with Crippen molar-refractivity contribution in [2.45, 2.75) is 18.2 Å². The summed E-state index contributed by atoms with van der Waals surface area (Å²) in [6.45, 7) is 3.74. The van der Waals surface area contributed by atoms with E-state index < -0.39 is 10.0 Å². The molecular formula is C13H22N2O3S. The standard InChI is InChI=1S/C13H22N2O3S/c1-4-18-12-6-8-13(9-7-12)19(16,17)14-10-5-11-15(2)3/h6-9,14H,4-5,10-11H2,1-3H3. The highest BCUT2D eigenvalue weighted by Crippen LogP contribution is 2.15. The third kappa shape index (κ3) is 5.59. The van der Waals surface area contributed by atoms with Crippen molar-refractivity contribution in [3.05, 3.63) is 24.3 Å². The fraction of sp³-hybridized carbons (Fsp3) is 0.538. The van der Waals surface area contributed by atoms with Crippen molar-refractivity contribution in [3.8, 4) is 5.75 Å². The zero-order chi connectivity index (χ0) is 14.3. The lowest BCUT2D eigenvalue weighted by molar-refractivity contribution is 0.340. The molecule has 0 fully saturated rings. The van der Waals surface area contributed by atoms with Crippen LogP contribution >= 0.6 is 0 Å². The van der Waals surface area contributed by atoms with Gasteiger partial charge in [0, 0.05) is 6.54 Å². The lowest BCUT2D eigenvalue weighted by atomic mass is 10.3. The minimum absolute atomic E-state index is 0.265. The lowest BCUT2D eigenvalue weighted by Crippen LogP contribution is -2.27. The maximum atomic E-state index is 12.0. The first-order chi connectivity index (χ1) is 8.95. The molecule has 0 aromatic heterocycles. The predicted molar refractivity (Wildman–Crippen MR) is 76.0 cm³/mol. The van der Waals surface area contributed by atoms with E-state index in [0.29, 0.717) is 18.9 Å². The van der Waals surface area contributed by atoms with Gasteiger partial charge in [0.25, 0.3) is 0 Å². The highest BCUT2D eigenvalue weighted by Gasteiger charge is 2.12. The van der Waals surface area contributed by atoms with Crippen molar-refractivity contribution in [3.63, 3.8) is 0 Å². The SMILES string of the molecule is CCOc1ccc(S(=O)(=O)NCCCN(C)C)cc1. The summed E-state index contributed by atoms with van der Waals surface area (Å²) in [7, 11) is 0.505. The summed E-state index contributed by atoms with van der Waals surface area (Å²) in [5.41, 5.74) is 0. The first-order valence-corrected chi connectivity index (χ1v) is 7.81. The molecule has 108 valence electrons. The summed E-state index contributed by atoms with van der Waals surface area (Å²) in [6, 6.07) is 6.44. The zero-order valence-electron chi connectivity index (χ0n) is 11.7. The van der Waals surface area contributed by atoms with Crippen molar-refractivity contribution < 1.29 is 13.2 Å². The number of rotatable bonds is 8. The van der Waals surface area contributed by atoms with Gasteiger partial charge in [-0.05, 0) is 58.3 Å². The van der Waals surface area contributed by atoms with E-state index in [2.05, 4.69) is 4.72 Å². The van der Waals surface area contributed by atoms with Crippen LogP contribution in [0.3, 0.4) is 0 Å². The number of hydrogen-bond acceptors (Lipinski definition) is 4. The molecule has 0 saturated carbocycles. The number of sulfonamides is 1. The topological polar surface area (TPSA) is 58.6 Å². The summed E-state index contributed by atoms with van der Waals surface area (Å²) in [4.78, 5) is 2.28. The van der Waals surface area contributed by atoms with E-state index in [9.17, 15) is 8.42 Å². The molecule has 5 nitrogen and oxygen atoms in total. The molecule has 0 aliphatic carbocycles. The molecule has 0 aliphatic heterocycles. The average Bonchev–Trinajstić information content (AvgIpc) is 2.36. The maximum absolute atomic E-state index is 12.0. The second-order valence-corrected chi connectivity index (χ2v) is 6.23. The smallest absolute Gasteiger partial charge is 0.240 e. The number of hydrogen-bond donors (Lipinski definition) is 1. The van der Waals surface area contributed by atoms with Gasteiger partial charge in [0.2, 0.25) is 10.0 Å². The van der Waals surface area contributed by atoms with Gasteiger partial charge < -0.3 is 9.64 Å². The quantitative estimate of drug-likeness (QED) is 0.732. The molecule has 0 atom stereocenters. The van der Waals surface area contributed by atoms with Crippen molar-refractivity contribution in [2.24, 2.45) is 0 Å². The fourth-order valence-corrected chi connectivity index (χ4v) is 2.64. The van der Waals surface area contributed by atoms with Crippen LogP contribution in [0.2, 0.25) is 0 Å². The molecule has 0 radical (unpaired) electrons. The Morgan fingerprint density at radius 2 is 1.84 bits per heavy atom. The van der Waals surface area contributed by atoms with E-state index in [0.717, 1.165) is 13.0 Å². The summed E-state index contributed by atoms with van der Waals surface area (Å²) in [5.74, 6) is 0.675. The van der Waals surface area contributed by atoms with Gasteiger partial charge in [-0.1, -0.05) is 0 Å². The number of nitrogens with one attached hydrogen (secondary N) is 1. The normalized spacial score (nSPS) is 11.8. The van der Waals surface area contributed by atoms with Crippen LogP contribution in [0.25, 0.3) is 0 Å². The summed E-state index contributed by atoms with van der Waals surface area (Å²) >= 11 is 0. The Kier molecular flexibility index (Phi) is 6.27. The Hall–Kier alpha value is -1.11. The minimum Gasteiger partial charge on any atom is -0.494 e. The molecule has 0 saturated heterocycles. The van der Waals surface area contributed by atoms with E-state index in [1.165, 1.54) is 0 Å². The lowest BCUT2D eigenvalue weighted by Gasteiger charge is -2.10. The minimum atomic E-state index is -3.41.